The van der Waals surface area contributed by atoms with Crippen molar-refractivity contribution in [2.45, 2.75) is 19.3 Å². The van der Waals surface area contributed by atoms with Gasteiger partial charge in [0.1, 0.15) is 0 Å². The average molecular weight is 235 g/mol. The molecule has 0 unspecified atom stereocenters. The van der Waals surface area contributed by atoms with Gasteiger partial charge in [0, 0.05) is 12.4 Å². The average Bonchev–Trinajstić information content (AvgIpc) is 2.88. The fourth-order valence-corrected chi connectivity index (χ4v) is 1.57. The molecule has 4 heteroatoms. The van der Waals surface area contributed by atoms with E-state index in [1.807, 2.05) is 18.5 Å². The van der Waals surface area contributed by atoms with Crippen LogP contribution < -0.4 is 5.73 Å². The minimum atomic E-state index is 0. The van der Waals surface area contributed by atoms with Crippen molar-refractivity contribution in [2.75, 3.05) is 6.54 Å². The minimum Gasteiger partial charge on any atom is -0.330 e. The summed E-state index contributed by atoms with van der Waals surface area (Å²) in [6.45, 7) is 0.821. The molecule has 1 fully saturated rings. The molecule has 14 heavy (non-hydrogen) atoms. The predicted molar refractivity (Wildman–Crippen MR) is 63.2 cm³/mol. The molecular formula is C10H16Cl2N2. The number of hydrogen-bond donors (Lipinski definition) is 1. The zero-order valence-electron chi connectivity index (χ0n) is 7.98. The normalized spacial score (nSPS) is 16.4. The van der Waals surface area contributed by atoms with E-state index in [9.17, 15) is 0 Å². The molecule has 0 atom stereocenters. The third-order valence-electron chi connectivity index (χ3n) is 2.69. The highest BCUT2D eigenvalue weighted by molar-refractivity contribution is 5.85. The zero-order valence-corrected chi connectivity index (χ0v) is 9.61. The first-order valence-electron chi connectivity index (χ1n) is 4.44. The molecule has 2 nitrogen and oxygen atoms in total. The lowest BCUT2D eigenvalue weighted by molar-refractivity contribution is 0.520. The number of aromatic nitrogens is 1. The van der Waals surface area contributed by atoms with Gasteiger partial charge in [-0.25, -0.2) is 0 Å². The van der Waals surface area contributed by atoms with Gasteiger partial charge in [0.2, 0.25) is 0 Å². The van der Waals surface area contributed by atoms with Crippen LogP contribution in [0.5, 0.6) is 0 Å². The predicted octanol–water partition coefficient (Wildman–Crippen LogP) is 2.21. The summed E-state index contributed by atoms with van der Waals surface area (Å²) in [7, 11) is 0. The Kier molecular flexibility index (Phi) is 5.42. The monoisotopic (exact) mass is 234 g/mol. The van der Waals surface area contributed by atoms with Gasteiger partial charge in [-0.05, 0) is 42.9 Å². The number of halogens is 2. The van der Waals surface area contributed by atoms with Gasteiger partial charge in [0.05, 0.1) is 0 Å². The molecule has 1 aliphatic carbocycles. The molecule has 1 aromatic heterocycles. The van der Waals surface area contributed by atoms with Gasteiger partial charge in [-0.1, -0.05) is 6.07 Å². The number of nitrogens with two attached hydrogens (primary N) is 1. The fraction of sp³-hybridized carbons (Fsp3) is 0.500. The van der Waals surface area contributed by atoms with Gasteiger partial charge < -0.3 is 5.73 Å². The Balaban J connectivity index is 0.000000845. The van der Waals surface area contributed by atoms with Crippen LogP contribution in [0.4, 0.5) is 0 Å². The second kappa shape index (κ2) is 5.54. The Bertz CT molecular complexity index is 260. The SMILES string of the molecule is Cl.Cl.NCC1(Cc2cccnc2)CC1. The fourth-order valence-electron chi connectivity index (χ4n) is 1.57. The molecule has 0 amide bonds. The topological polar surface area (TPSA) is 38.9 Å². The van der Waals surface area contributed by atoms with Gasteiger partial charge in [-0.3, -0.25) is 4.98 Å². The molecular weight excluding hydrogens is 219 g/mol. The summed E-state index contributed by atoms with van der Waals surface area (Å²) in [4.78, 5) is 4.09. The summed E-state index contributed by atoms with van der Waals surface area (Å²) in [5, 5.41) is 0. The van der Waals surface area contributed by atoms with Crippen LogP contribution in [0.15, 0.2) is 24.5 Å². The van der Waals surface area contributed by atoms with Crippen LogP contribution in [0, 0.1) is 5.41 Å². The van der Waals surface area contributed by atoms with Gasteiger partial charge in [0.15, 0.2) is 0 Å². The van der Waals surface area contributed by atoms with Gasteiger partial charge in [-0.2, -0.15) is 0 Å². The Hall–Kier alpha value is -0.310. The summed E-state index contributed by atoms with van der Waals surface area (Å²) < 4.78 is 0. The summed E-state index contributed by atoms with van der Waals surface area (Å²) in [6.07, 6.45) is 7.44. The first-order valence-corrected chi connectivity index (χ1v) is 4.44. The minimum absolute atomic E-state index is 0. The van der Waals surface area contributed by atoms with E-state index in [0.717, 1.165) is 13.0 Å². The van der Waals surface area contributed by atoms with E-state index in [1.165, 1.54) is 18.4 Å². The van der Waals surface area contributed by atoms with E-state index < -0.39 is 0 Å². The van der Waals surface area contributed by atoms with E-state index in [2.05, 4.69) is 11.1 Å². The maximum Gasteiger partial charge on any atom is 0.0300 e. The van der Waals surface area contributed by atoms with Gasteiger partial charge in [-0.15, -0.1) is 24.8 Å². The quantitative estimate of drug-likeness (QED) is 0.872. The maximum atomic E-state index is 5.70. The molecule has 0 aromatic carbocycles. The molecule has 0 aliphatic heterocycles. The Labute approximate surface area is 97.1 Å². The number of rotatable bonds is 3. The van der Waals surface area contributed by atoms with E-state index in [0.29, 0.717) is 5.41 Å². The van der Waals surface area contributed by atoms with Crippen molar-refractivity contribution in [1.29, 1.82) is 0 Å². The molecule has 0 bridgehead atoms. The van der Waals surface area contributed by atoms with Crippen molar-refractivity contribution >= 4 is 24.8 Å². The van der Waals surface area contributed by atoms with Crippen LogP contribution in [-0.2, 0) is 6.42 Å². The largest absolute Gasteiger partial charge is 0.330 e. The standard InChI is InChI=1S/C10H14N2.2ClH/c11-8-10(3-4-10)6-9-2-1-5-12-7-9;;/h1-2,5,7H,3-4,6,8,11H2;2*1H. The van der Waals surface area contributed by atoms with Crippen LogP contribution in [-0.4, -0.2) is 11.5 Å². The van der Waals surface area contributed by atoms with Crippen LogP contribution in [0.1, 0.15) is 18.4 Å². The summed E-state index contributed by atoms with van der Waals surface area (Å²) in [5.74, 6) is 0. The third kappa shape index (κ3) is 3.12. The van der Waals surface area contributed by atoms with E-state index in [1.54, 1.807) is 0 Å². The molecule has 80 valence electrons. The van der Waals surface area contributed by atoms with E-state index >= 15 is 0 Å². The second-order valence-corrected chi connectivity index (χ2v) is 3.74. The number of pyridine rings is 1. The van der Waals surface area contributed by atoms with Crippen molar-refractivity contribution in [3.05, 3.63) is 30.1 Å². The van der Waals surface area contributed by atoms with Gasteiger partial charge in [0.25, 0.3) is 0 Å². The van der Waals surface area contributed by atoms with Crippen molar-refractivity contribution in [3.8, 4) is 0 Å². The number of nitrogens with zero attached hydrogens (tertiary/aromatic N) is 1. The third-order valence-corrected chi connectivity index (χ3v) is 2.69. The lowest BCUT2D eigenvalue weighted by Crippen LogP contribution is -2.17. The van der Waals surface area contributed by atoms with E-state index in [-0.39, 0.29) is 24.8 Å². The molecule has 0 saturated heterocycles. The number of hydrogen-bond acceptors (Lipinski definition) is 2. The lowest BCUT2D eigenvalue weighted by Gasteiger charge is -2.10. The summed E-state index contributed by atoms with van der Waals surface area (Å²) in [6, 6.07) is 4.12. The van der Waals surface area contributed by atoms with Crippen LogP contribution >= 0.6 is 24.8 Å². The Morgan fingerprint density at radius 1 is 1.36 bits per heavy atom. The molecule has 0 radical (unpaired) electrons. The highest BCUT2D eigenvalue weighted by atomic mass is 35.5. The Morgan fingerprint density at radius 3 is 2.50 bits per heavy atom. The van der Waals surface area contributed by atoms with E-state index in [4.69, 9.17) is 5.73 Å². The van der Waals surface area contributed by atoms with Gasteiger partial charge >= 0.3 is 0 Å². The molecule has 1 aliphatic rings. The summed E-state index contributed by atoms with van der Waals surface area (Å²) in [5.41, 5.74) is 7.45. The maximum absolute atomic E-state index is 5.70. The second-order valence-electron chi connectivity index (χ2n) is 3.74. The molecule has 1 saturated carbocycles. The molecule has 2 N–H and O–H groups in total. The van der Waals surface area contributed by atoms with Crippen LogP contribution in [0.2, 0.25) is 0 Å². The van der Waals surface area contributed by atoms with Crippen LogP contribution in [0.3, 0.4) is 0 Å². The highest BCUT2D eigenvalue weighted by Crippen LogP contribution is 2.47. The Morgan fingerprint density at radius 2 is 2.07 bits per heavy atom. The molecule has 2 rings (SSSR count). The first-order chi connectivity index (χ1) is 5.85. The van der Waals surface area contributed by atoms with Crippen molar-refractivity contribution in [3.63, 3.8) is 0 Å². The van der Waals surface area contributed by atoms with Crippen molar-refractivity contribution in [2.24, 2.45) is 11.1 Å². The zero-order chi connectivity index (χ0) is 8.44. The molecule has 1 aromatic rings. The lowest BCUT2D eigenvalue weighted by atomic mass is 9.98. The molecule has 0 spiro atoms. The smallest absolute Gasteiger partial charge is 0.0300 e. The van der Waals surface area contributed by atoms with Crippen molar-refractivity contribution < 1.29 is 0 Å². The highest BCUT2D eigenvalue weighted by Gasteiger charge is 2.40. The summed E-state index contributed by atoms with van der Waals surface area (Å²) >= 11 is 0. The first kappa shape index (κ1) is 13.7. The molecule has 1 heterocycles. The van der Waals surface area contributed by atoms with Crippen molar-refractivity contribution in [1.82, 2.24) is 4.98 Å². The van der Waals surface area contributed by atoms with Crippen LogP contribution in [0.25, 0.3) is 0 Å².